The molecule has 0 rings (SSSR count). The Labute approximate surface area is 125 Å². The minimum Gasteiger partial charge on any atom is -0.595 e. The van der Waals surface area contributed by atoms with Crippen molar-refractivity contribution in [1.82, 2.24) is 0 Å². The van der Waals surface area contributed by atoms with Gasteiger partial charge in [-0.1, -0.05) is 32.9 Å². The first-order chi connectivity index (χ1) is 9.15. The summed E-state index contributed by atoms with van der Waals surface area (Å²) >= 11 is 1.48. The zero-order valence-corrected chi connectivity index (χ0v) is 13.7. The van der Waals surface area contributed by atoms with Gasteiger partial charge in [-0.2, -0.15) is 11.8 Å². The number of thioether (sulfide) groups is 1. The topological polar surface area (TPSA) is 71.0 Å². The van der Waals surface area contributed by atoms with Crippen molar-refractivity contribution < 1.29 is 19.4 Å². The summed E-state index contributed by atoms with van der Waals surface area (Å²) in [6.07, 6.45) is -0.744. The molecule has 0 aromatic heterocycles. The highest BCUT2D eigenvalue weighted by molar-refractivity contribution is 7.99. The van der Waals surface area contributed by atoms with E-state index in [1.165, 1.54) is 11.8 Å². The molecule has 20 heavy (non-hydrogen) atoms. The maximum atomic E-state index is 11.8. The molecule has 0 fully saturated rings. The fourth-order valence-corrected chi connectivity index (χ4v) is 2.06. The summed E-state index contributed by atoms with van der Waals surface area (Å²) in [4.78, 5) is 15.6. The Morgan fingerprint density at radius 2 is 2.05 bits per heavy atom. The molecule has 0 aromatic carbocycles. The Bertz CT molecular complexity index is 361. The lowest BCUT2D eigenvalue weighted by Gasteiger charge is -2.30. The lowest BCUT2D eigenvalue weighted by atomic mass is 10.2. The Morgan fingerprint density at radius 1 is 1.45 bits per heavy atom. The van der Waals surface area contributed by atoms with Crippen LogP contribution in [-0.2, 0) is 14.3 Å². The van der Waals surface area contributed by atoms with E-state index in [4.69, 9.17) is 9.47 Å². The Morgan fingerprint density at radius 3 is 2.50 bits per heavy atom. The molecular formula is C14H24NO4S-. The Hall–Kier alpha value is -1.17. The average molecular weight is 302 g/mol. The fourth-order valence-electron chi connectivity index (χ4n) is 1.16. The SMILES string of the molecule is C=C(C)CSC[C@@H](N=C([O-])OC(C)(C)C)C(=O)OCC. The van der Waals surface area contributed by atoms with Crippen LogP contribution in [0.5, 0.6) is 0 Å². The number of ether oxygens (including phenoxy) is 2. The van der Waals surface area contributed by atoms with Gasteiger partial charge in [0.15, 0.2) is 6.04 Å². The van der Waals surface area contributed by atoms with Crippen molar-refractivity contribution in [3.8, 4) is 0 Å². The van der Waals surface area contributed by atoms with Gasteiger partial charge in [0.25, 0.3) is 0 Å². The molecule has 0 heterocycles. The van der Waals surface area contributed by atoms with Crippen LogP contribution in [0.1, 0.15) is 34.6 Å². The number of aliphatic imine (C=N–C) groups is 1. The molecule has 0 N–H and O–H groups in total. The molecule has 0 amide bonds. The minimum absolute atomic E-state index is 0.254. The molecule has 0 aliphatic rings. The summed E-state index contributed by atoms with van der Waals surface area (Å²) in [5.41, 5.74) is 0.361. The lowest BCUT2D eigenvalue weighted by Crippen LogP contribution is -2.35. The molecule has 0 aromatic rings. The summed E-state index contributed by atoms with van der Waals surface area (Å²) in [7, 11) is 0. The molecule has 0 aliphatic heterocycles. The van der Waals surface area contributed by atoms with Gasteiger partial charge in [-0.05, 0) is 13.8 Å². The first kappa shape index (κ1) is 18.8. The second kappa shape index (κ2) is 8.89. The molecule has 0 saturated carbocycles. The van der Waals surface area contributed by atoms with E-state index in [0.29, 0.717) is 11.5 Å². The van der Waals surface area contributed by atoms with Gasteiger partial charge in [-0.25, -0.2) is 4.79 Å². The molecular weight excluding hydrogens is 278 g/mol. The molecule has 0 bridgehead atoms. The van der Waals surface area contributed by atoms with E-state index < -0.39 is 23.7 Å². The molecule has 5 nitrogen and oxygen atoms in total. The third-order valence-corrected chi connectivity index (χ3v) is 3.09. The lowest BCUT2D eigenvalue weighted by molar-refractivity contribution is -0.261. The quantitative estimate of drug-likeness (QED) is 0.310. The highest BCUT2D eigenvalue weighted by atomic mass is 32.2. The van der Waals surface area contributed by atoms with E-state index in [1.54, 1.807) is 27.7 Å². The van der Waals surface area contributed by atoms with E-state index in [9.17, 15) is 9.90 Å². The highest BCUT2D eigenvalue weighted by Crippen LogP contribution is 2.12. The Kier molecular flexibility index (Phi) is 8.37. The number of nitrogens with zero attached hydrogens (tertiary/aromatic N) is 1. The summed E-state index contributed by atoms with van der Waals surface area (Å²) in [5.74, 6) is 0.567. The first-order valence-corrected chi connectivity index (χ1v) is 7.63. The molecule has 0 spiro atoms. The summed E-state index contributed by atoms with van der Waals surface area (Å²) in [6, 6.07) is -0.839. The smallest absolute Gasteiger partial charge is 0.331 e. The largest absolute Gasteiger partial charge is 0.595 e. The van der Waals surface area contributed by atoms with E-state index in [0.717, 1.165) is 5.57 Å². The predicted molar refractivity (Wildman–Crippen MR) is 80.8 cm³/mol. The van der Waals surface area contributed by atoms with Gasteiger partial charge in [-0.15, -0.1) is 0 Å². The molecule has 0 aliphatic carbocycles. The average Bonchev–Trinajstić information content (AvgIpc) is 2.24. The Balaban J connectivity index is 4.70. The van der Waals surface area contributed by atoms with Gasteiger partial charge in [0.05, 0.1) is 6.61 Å². The maximum Gasteiger partial charge on any atom is 0.331 e. The van der Waals surface area contributed by atoms with Crippen LogP contribution in [0.2, 0.25) is 0 Å². The van der Waals surface area contributed by atoms with Crippen molar-refractivity contribution in [3.63, 3.8) is 0 Å². The van der Waals surface area contributed by atoms with Gasteiger partial charge >= 0.3 is 5.97 Å². The molecule has 116 valence electrons. The minimum atomic E-state index is -0.839. The summed E-state index contributed by atoms with van der Waals surface area (Å²) in [6.45, 7) is 12.9. The normalized spacial score (nSPS) is 13.8. The van der Waals surface area contributed by atoms with E-state index in [-0.39, 0.29) is 6.61 Å². The maximum absolute atomic E-state index is 11.8. The number of carbonyl (C=O) groups excluding carboxylic acids is 1. The van der Waals surface area contributed by atoms with Gasteiger partial charge in [0, 0.05) is 17.1 Å². The number of esters is 1. The van der Waals surface area contributed by atoms with Gasteiger partial charge < -0.3 is 14.6 Å². The van der Waals surface area contributed by atoms with E-state index in [1.807, 2.05) is 6.92 Å². The van der Waals surface area contributed by atoms with Crippen LogP contribution < -0.4 is 5.11 Å². The predicted octanol–water partition coefficient (Wildman–Crippen LogP) is 1.76. The standard InChI is InChI=1S/C14H25NO4S/c1-7-18-12(16)11(9-20-8-10(2)3)15-13(17)19-14(4,5)6/h11H,2,7-9H2,1,3-6H3,(H,15,17)/p-1/t11-/m1/s1. The van der Waals surface area contributed by atoms with Crippen molar-refractivity contribution in [1.29, 1.82) is 0 Å². The second-order valence-electron chi connectivity index (χ2n) is 5.35. The summed E-state index contributed by atoms with van der Waals surface area (Å²) in [5, 5.41) is 11.7. The number of hydrogen-bond acceptors (Lipinski definition) is 6. The van der Waals surface area contributed by atoms with E-state index in [2.05, 4.69) is 11.6 Å². The zero-order valence-electron chi connectivity index (χ0n) is 12.9. The molecule has 0 unspecified atom stereocenters. The number of carbonyl (C=O) groups is 1. The zero-order chi connectivity index (χ0) is 15.8. The third kappa shape index (κ3) is 9.72. The van der Waals surface area contributed by atoms with Crippen molar-refractivity contribution in [2.45, 2.75) is 46.3 Å². The fraction of sp³-hybridized carbons (Fsp3) is 0.714. The molecule has 0 saturated heterocycles. The van der Waals surface area contributed by atoms with Crippen LogP contribution in [0.25, 0.3) is 0 Å². The number of rotatable bonds is 7. The van der Waals surface area contributed by atoms with Gasteiger partial charge in [0.2, 0.25) is 0 Å². The van der Waals surface area contributed by atoms with Crippen molar-refractivity contribution >= 4 is 23.8 Å². The van der Waals surface area contributed by atoms with E-state index >= 15 is 0 Å². The van der Waals surface area contributed by atoms with Crippen LogP contribution in [0.15, 0.2) is 17.1 Å². The van der Waals surface area contributed by atoms with Crippen molar-refractivity contribution in [2.24, 2.45) is 4.99 Å². The molecule has 1 atom stereocenters. The van der Waals surface area contributed by atoms with Crippen molar-refractivity contribution in [3.05, 3.63) is 12.2 Å². The second-order valence-corrected chi connectivity index (χ2v) is 6.38. The first-order valence-electron chi connectivity index (χ1n) is 6.48. The van der Waals surface area contributed by atoms with Gasteiger partial charge in [0.1, 0.15) is 6.08 Å². The van der Waals surface area contributed by atoms with Crippen LogP contribution in [0.3, 0.4) is 0 Å². The van der Waals surface area contributed by atoms with Crippen molar-refractivity contribution in [2.75, 3.05) is 18.1 Å². The van der Waals surface area contributed by atoms with Crippen LogP contribution in [0, 0.1) is 0 Å². The van der Waals surface area contributed by atoms with Gasteiger partial charge in [-0.3, -0.25) is 4.99 Å². The summed E-state index contributed by atoms with van der Waals surface area (Å²) < 4.78 is 10.0. The molecule has 6 heteroatoms. The van der Waals surface area contributed by atoms with Crippen LogP contribution in [-0.4, -0.2) is 41.8 Å². The highest BCUT2D eigenvalue weighted by Gasteiger charge is 2.19. The third-order valence-electron chi connectivity index (χ3n) is 1.84. The van der Waals surface area contributed by atoms with Crippen LogP contribution in [0.4, 0.5) is 0 Å². The van der Waals surface area contributed by atoms with Crippen LogP contribution >= 0.6 is 11.8 Å². The monoisotopic (exact) mass is 302 g/mol. The number of hydrogen-bond donors (Lipinski definition) is 0. The molecule has 0 radical (unpaired) electrons.